The number of alkyl carbamates (subject to hydrolysis) is 1. The molecule has 1 aliphatic carbocycles. The maximum absolute atomic E-state index is 12.1. The van der Waals surface area contributed by atoms with Gasteiger partial charge in [0.1, 0.15) is 12.2 Å². The lowest BCUT2D eigenvalue weighted by Gasteiger charge is -2.23. The minimum atomic E-state index is -0.851. The van der Waals surface area contributed by atoms with Gasteiger partial charge in [0.05, 0.1) is 38.1 Å². The zero-order valence-corrected chi connectivity index (χ0v) is 16.6. The SMILES string of the molecule is COC(=O)C1=C(C(=O)OC)C(OCC(=O)NCNC(=O)OC(C)(C)C)CC=C1. The maximum atomic E-state index is 12.1. The number of carbonyl (C=O) groups is 4. The summed E-state index contributed by atoms with van der Waals surface area (Å²) in [5, 5.41) is 4.79. The number of amides is 2. The van der Waals surface area contributed by atoms with E-state index in [4.69, 9.17) is 14.2 Å². The highest BCUT2D eigenvalue weighted by atomic mass is 16.6. The first-order valence-electron chi connectivity index (χ1n) is 8.51. The van der Waals surface area contributed by atoms with E-state index in [9.17, 15) is 19.2 Å². The lowest BCUT2D eigenvalue weighted by molar-refractivity contribution is -0.141. The number of esters is 2. The van der Waals surface area contributed by atoms with E-state index in [0.717, 1.165) is 0 Å². The van der Waals surface area contributed by atoms with Crippen LogP contribution in [-0.2, 0) is 33.3 Å². The number of rotatable bonds is 7. The van der Waals surface area contributed by atoms with Crippen LogP contribution in [-0.4, -0.2) is 63.1 Å². The molecule has 0 heterocycles. The Morgan fingerprint density at radius 3 is 2.29 bits per heavy atom. The van der Waals surface area contributed by atoms with Crippen LogP contribution in [0.25, 0.3) is 0 Å². The van der Waals surface area contributed by atoms with E-state index in [2.05, 4.69) is 15.4 Å². The van der Waals surface area contributed by atoms with Gasteiger partial charge in [-0.1, -0.05) is 12.2 Å². The third-order valence-electron chi connectivity index (χ3n) is 3.39. The zero-order valence-electron chi connectivity index (χ0n) is 16.6. The molecule has 156 valence electrons. The topological polar surface area (TPSA) is 129 Å². The van der Waals surface area contributed by atoms with Crippen LogP contribution in [0.3, 0.4) is 0 Å². The average Bonchev–Trinajstić information content (AvgIpc) is 2.63. The van der Waals surface area contributed by atoms with Crippen molar-refractivity contribution in [3.63, 3.8) is 0 Å². The summed E-state index contributed by atoms with van der Waals surface area (Å²) in [5.74, 6) is -1.99. The second kappa shape index (κ2) is 10.5. The first kappa shape index (κ1) is 23.2. The molecule has 10 heteroatoms. The van der Waals surface area contributed by atoms with Gasteiger partial charge in [0, 0.05) is 0 Å². The van der Waals surface area contributed by atoms with Crippen molar-refractivity contribution in [3.8, 4) is 0 Å². The third-order valence-corrected chi connectivity index (χ3v) is 3.39. The Hall–Kier alpha value is -2.88. The number of carbonyl (C=O) groups excluding carboxylic acids is 4. The van der Waals surface area contributed by atoms with Crippen LogP contribution in [0.2, 0.25) is 0 Å². The summed E-state index contributed by atoms with van der Waals surface area (Å²) in [5.41, 5.74) is -0.659. The van der Waals surface area contributed by atoms with E-state index in [1.165, 1.54) is 20.3 Å². The number of nitrogens with one attached hydrogen (secondary N) is 2. The van der Waals surface area contributed by atoms with E-state index in [-0.39, 0.29) is 24.2 Å². The van der Waals surface area contributed by atoms with Crippen molar-refractivity contribution in [3.05, 3.63) is 23.3 Å². The molecule has 1 aliphatic rings. The molecule has 0 radical (unpaired) electrons. The molecule has 1 rings (SSSR count). The minimum Gasteiger partial charge on any atom is -0.466 e. The van der Waals surface area contributed by atoms with Crippen LogP contribution in [0.15, 0.2) is 23.3 Å². The summed E-state index contributed by atoms with van der Waals surface area (Å²) in [6, 6.07) is 0. The Morgan fingerprint density at radius 2 is 1.71 bits per heavy atom. The number of ether oxygens (including phenoxy) is 4. The van der Waals surface area contributed by atoms with Crippen LogP contribution in [0.4, 0.5) is 4.79 Å². The maximum Gasteiger partial charge on any atom is 0.409 e. The lowest BCUT2D eigenvalue weighted by Crippen LogP contribution is -2.42. The molecule has 0 saturated heterocycles. The van der Waals surface area contributed by atoms with Crippen LogP contribution in [0, 0.1) is 0 Å². The number of hydrogen-bond acceptors (Lipinski definition) is 8. The second-order valence-corrected chi connectivity index (χ2v) is 6.70. The Labute approximate surface area is 163 Å². The fourth-order valence-corrected chi connectivity index (χ4v) is 2.24. The van der Waals surface area contributed by atoms with Crippen LogP contribution < -0.4 is 10.6 Å². The van der Waals surface area contributed by atoms with Gasteiger partial charge in [-0.25, -0.2) is 14.4 Å². The Kier molecular flexibility index (Phi) is 8.65. The predicted molar refractivity (Wildman–Crippen MR) is 96.9 cm³/mol. The van der Waals surface area contributed by atoms with Gasteiger partial charge in [-0.3, -0.25) is 4.79 Å². The van der Waals surface area contributed by atoms with Gasteiger partial charge in [-0.15, -0.1) is 0 Å². The van der Waals surface area contributed by atoms with Crippen molar-refractivity contribution in [1.29, 1.82) is 0 Å². The van der Waals surface area contributed by atoms with Crippen molar-refractivity contribution < 1.29 is 38.1 Å². The monoisotopic (exact) mass is 398 g/mol. The Bertz CT molecular complexity index is 676. The third kappa shape index (κ3) is 7.39. The molecule has 0 aromatic carbocycles. The molecule has 0 bridgehead atoms. The zero-order chi connectivity index (χ0) is 21.3. The molecule has 0 aliphatic heterocycles. The van der Waals surface area contributed by atoms with E-state index in [1.807, 2.05) is 0 Å². The van der Waals surface area contributed by atoms with Crippen molar-refractivity contribution in [2.75, 3.05) is 27.5 Å². The fourth-order valence-electron chi connectivity index (χ4n) is 2.24. The summed E-state index contributed by atoms with van der Waals surface area (Å²) in [6.45, 7) is 4.59. The number of methoxy groups -OCH3 is 2. The van der Waals surface area contributed by atoms with Gasteiger partial charge in [-0.2, -0.15) is 0 Å². The van der Waals surface area contributed by atoms with E-state index < -0.39 is 42.3 Å². The fraction of sp³-hybridized carbons (Fsp3) is 0.556. The molecule has 0 aromatic rings. The summed E-state index contributed by atoms with van der Waals surface area (Å²) >= 11 is 0. The molecule has 1 atom stereocenters. The highest BCUT2D eigenvalue weighted by Crippen LogP contribution is 2.24. The molecule has 28 heavy (non-hydrogen) atoms. The highest BCUT2D eigenvalue weighted by molar-refractivity contribution is 6.03. The molecule has 10 nitrogen and oxygen atoms in total. The Balaban J connectivity index is 2.60. The molecule has 0 aromatic heterocycles. The van der Waals surface area contributed by atoms with Gasteiger partial charge in [-0.05, 0) is 27.2 Å². The van der Waals surface area contributed by atoms with Gasteiger partial charge in [0.2, 0.25) is 5.91 Å². The Morgan fingerprint density at radius 1 is 1.07 bits per heavy atom. The molecule has 2 amide bonds. The summed E-state index contributed by atoms with van der Waals surface area (Å²) in [4.78, 5) is 47.3. The molecule has 0 spiro atoms. The van der Waals surface area contributed by atoms with Gasteiger partial charge >= 0.3 is 18.0 Å². The number of hydrogen-bond donors (Lipinski definition) is 2. The van der Waals surface area contributed by atoms with Gasteiger partial charge in [0.15, 0.2) is 0 Å². The van der Waals surface area contributed by atoms with Crippen LogP contribution in [0.1, 0.15) is 27.2 Å². The summed E-state index contributed by atoms with van der Waals surface area (Å²) in [7, 11) is 2.36. The van der Waals surface area contributed by atoms with Crippen molar-refractivity contribution in [1.82, 2.24) is 10.6 Å². The molecule has 0 fully saturated rings. The molecular formula is C18H26N2O8. The van der Waals surface area contributed by atoms with E-state index >= 15 is 0 Å². The van der Waals surface area contributed by atoms with E-state index in [0.29, 0.717) is 0 Å². The van der Waals surface area contributed by atoms with Crippen molar-refractivity contribution in [2.45, 2.75) is 38.9 Å². The second-order valence-electron chi connectivity index (χ2n) is 6.70. The largest absolute Gasteiger partial charge is 0.466 e. The standard InChI is InChI=1S/C18H26N2O8/c1-18(2,3)28-17(24)20-10-19-13(21)9-27-12-8-6-7-11(15(22)25-4)14(12)16(23)26-5/h6-7,12H,8-10H2,1-5H3,(H,19,21)(H,20,24). The average molecular weight is 398 g/mol. The summed E-state index contributed by atoms with van der Waals surface area (Å²) in [6.07, 6.45) is 1.82. The molecule has 0 saturated carbocycles. The molecule has 1 unspecified atom stereocenters. The molecular weight excluding hydrogens is 372 g/mol. The van der Waals surface area contributed by atoms with Crippen molar-refractivity contribution >= 4 is 23.9 Å². The quantitative estimate of drug-likeness (QED) is 0.362. The van der Waals surface area contributed by atoms with Crippen LogP contribution in [0.5, 0.6) is 0 Å². The predicted octanol–water partition coefficient (Wildman–Crippen LogP) is 0.573. The normalized spacial score (nSPS) is 16.2. The van der Waals surface area contributed by atoms with Crippen LogP contribution >= 0.6 is 0 Å². The minimum absolute atomic E-state index is 0.0117. The van der Waals surface area contributed by atoms with E-state index in [1.54, 1.807) is 26.8 Å². The first-order chi connectivity index (χ1) is 13.1. The van der Waals surface area contributed by atoms with Crippen molar-refractivity contribution in [2.24, 2.45) is 0 Å². The molecule has 2 N–H and O–H groups in total. The van der Waals surface area contributed by atoms with Gasteiger partial charge < -0.3 is 29.6 Å². The lowest BCUT2D eigenvalue weighted by atomic mass is 9.94. The smallest absolute Gasteiger partial charge is 0.409 e. The van der Waals surface area contributed by atoms with Gasteiger partial charge in [0.25, 0.3) is 0 Å². The summed E-state index contributed by atoms with van der Waals surface area (Å²) < 4.78 is 19.9. The highest BCUT2D eigenvalue weighted by Gasteiger charge is 2.31. The first-order valence-corrected chi connectivity index (χ1v) is 8.51.